The molecule has 1 aliphatic rings. The van der Waals surface area contributed by atoms with Crippen LogP contribution in [0.25, 0.3) is 0 Å². The number of carbonyl (C=O) groups is 2. The Bertz CT molecular complexity index is 972. The first kappa shape index (κ1) is 20.3. The molecule has 0 aliphatic carbocycles. The van der Waals surface area contributed by atoms with E-state index in [0.29, 0.717) is 17.6 Å². The minimum Gasteiger partial charge on any atom is -0.483 e. The first-order valence-electron chi connectivity index (χ1n) is 8.63. The molecule has 1 amide bonds. The number of ether oxygens (including phenoxy) is 1. The first-order valence-corrected chi connectivity index (χ1v) is 10.4. The molecule has 0 bridgehead atoms. The second-order valence-corrected chi connectivity index (χ2v) is 8.47. The molecule has 2 aromatic carbocycles. The SMILES string of the molecule is O=Cc1ccccc1OCC(=O)N1CCN(S(=O)(=O)c2ccccc2Cl)CC1. The van der Waals surface area contributed by atoms with E-state index in [9.17, 15) is 18.0 Å². The second-order valence-electron chi connectivity index (χ2n) is 6.16. The van der Waals surface area contributed by atoms with Gasteiger partial charge in [0.2, 0.25) is 10.0 Å². The van der Waals surface area contributed by atoms with Gasteiger partial charge in [0.15, 0.2) is 12.9 Å². The summed E-state index contributed by atoms with van der Waals surface area (Å²) in [7, 11) is -3.71. The standard InChI is InChI=1S/C19H19ClN2O5S/c20-16-6-2-4-8-18(16)28(25,26)22-11-9-21(10-12-22)19(24)14-27-17-7-3-1-5-15(17)13-23/h1-8,13H,9-12,14H2. The number of piperazine rings is 1. The number of hydrogen-bond donors (Lipinski definition) is 0. The molecule has 0 saturated carbocycles. The van der Waals surface area contributed by atoms with Crippen LogP contribution in [0.5, 0.6) is 5.75 Å². The third-order valence-electron chi connectivity index (χ3n) is 4.44. The van der Waals surface area contributed by atoms with Gasteiger partial charge >= 0.3 is 0 Å². The van der Waals surface area contributed by atoms with Crippen molar-refractivity contribution in [2.75, 3.05) is 32.8 Å². The zero-order chi connectivity index (χ0) is 20.1. The zero-order valence-electron chi connectivity index (χ0n) is 15.0. The summed E-state index contributed by atoms with van der Waals surface area (Å²) in [6.07, 6.45) is 0.665. The highest BCUT2D eigenvalue weighted by Gasteiger charge is 2.31. The number of sulfonamides is 1. The van der Waals surface area contributed by atoms with Crippen LogP contribution in [-0.4, -0.2) is 62.6 Å². The molecule has 0 atom stereocenters. The highest BCUT2D eigenvalue weighted by molar-refractivity contribution is 7.89. The summed E-state index contributed by atoms with van der Waals surface area (Å²) >= 11 is 6.02. The van der Waals surface area contributed by atoms with Gasteiger partial charge in [-0.3, -0.25) is 9.59 Å². The molecule has 0 spiro atoms. The quantitative estimate of drug-likeness (QED) is 0.665. The van der Waals surface area contributed by atoms with E-state index >= 15 is 0 Å². The van der Waals surface area contributed by atoms with Gasteiger partial charge in [0.25, 0.3) is 5.91 Å². The molecule has 0 unspecified atom stereocenters. The van der Waals surface area contributed by atoms with Crippen molar-refractivity contribution >= 4 is 33.8 Å². The van der Waals surface area contributed by atoms with E-state index in [1.165, 1.54) is 16.4 Å². The fourth-order valence-electron chi connectivity index (χ4n) is 2.91. The Morgan fingerprint density at radius 2 is 1.68 bits per heavy atom. The number of halogens is 1. The summed E-state index contributed by atoms with van der Waals surface area (Å²) in [4.78, 5) is 25.0. The third kappa shape index (κ3) is 4.35. The number of hydrogen-bond acceptors (Lipinski definition) is 5. The molecule has 3 rings (SSSR count). The van der Waals surface area contributed by atoms with Gasteiger partial charge in [-0.2, -0.15) is 4.31 Å². The van der Waals surface area contributed by atoms with Crippen LogP contribution in [0.2, 0.25) is 5.02 Å². The lowest BCUT2D eigenvalue weighted by Gasteiger charge is -2.34. The van der Waals surface area contributed by atoms with Crippen LogP contribution in [-0.2, 0) is 14.8 Å². The second kappa shape index (κ2) is 8.72. The molecule has 7 nitrogen and oxygen atoms in total. The smallest absolute Gasteiger partial charge is 0.260 e. The van der Waals surface area contributed by atoms with Crippen LogP contribution in [0.3, 0.4) is 0 Å². The lowest BCUT2D eigenvalue weighted by atomic mass is 10.2. The largest absolute Gasteiger partial charge is 0.483 e. The number of para-hydroxylation sites is 1. The van der Waals surface area contributed by atoms with E-state index in [2.05, 4.69) is 0 Å². The maximum absolute atomic E-state index is 12.7. The van der Waals surface area contributed by atoms with Crippen molar-refractivity contribution in [3.05, 3.63) is 59.1 Å². The van der Waals surface area contributed by atoms with E-state index in [1.54, 1.807) is 41.3 Å². The van der Waals surface area contributed by atoms with E-state index in [-0.39, 0.29) is 48.6 Å². The van der Waals surface area contributed by atoms with Gasteiger partial charge in [-0.05, 0) is 24.3 Å². The van der Waals surface area contributed by atoms with Crippen molar-refractivity contribution in [1.29, 1.82) is 0 Å². The van der Waals surface area contributed by atoms with Crippen molar-refractivity contribution in [2.45, 2.75) is 4.90 Å². The maximum atomic E-state index is 12.7. The van der Waals surface area contributed by atoms with Crippen molar-refractivity contribution in [3.8, 4) is 5.75 Å². The number of amides is 1. The van der Waals surface area contributed by atoms with Gasteiger partial charge in [-0.15, -0.1) is 0 Å². The molecule has 9 heteroatoms. The number of aldehydes is 1. The van der Waals surface area contributed by atoms with Gasteiger partial charge < -0.3 is 9.64 Å². The fourth-order valence-corrected chi connectivity index (χ4v) is 4.83. The van der Waals surface area contributed by atoms with E-state index in [0.717, 1.165) is 0 Å². The number of carbonyl (C=O) groups excluding carboxylic acids is 2. The van der Waals surface area contributed by atoms with Crippen LogP contribution in [0.15, 0.2) is 53.4 Å². The Balaban J connectivity index is 1.58. The Kier molecular flexibility index (Phi) is 6.33. The van der Waals surface area contributed by atoms with Gasteiger partial charge in [0.1, 0.15) is 10.6 Å². The molecule has 1 saturated heterocycles. The predicted octanol–water partition coefficient (Wildman–Crippen LogP) is 2.06. The molecule has 148 valence electrons. The summed E-state index contributed by atoms with van der Waals surface area (Å²) in [6.45, 7) is 0.624. The average molecular weight is 423 g/mol. The number of benzene rings is 2. The molecule has 1 heterocycles. The molecule has 1 fully saturated rings. The predicted molar refractivity (Wildman–Crippen MR) is 104 cm³/mol. The summed E-state index contributed by atoms with van der Waals surface area (Å²) in [5.74, 6) is 0.0706. The lowest BCUT2D eigenvalue weighted by molar-refractivity contribution is -0.134. The summed E-state index contributed by atoms with van der Waals surface area (Å²) in [6, 6.07) is 12.9. The summed E-state index contributed by atoms with van der Waals surface area (Å²) in [5.41, 5.74) is 0.367. The van der Waals surface area contributed by atoms with Gasteiger partial charge in [-0.1, -0.05) is 35.9 Å². The van der Waals surface area contributed by atoms with Crippen LogP contribution >= 0.6 is 11.6 Å². The van der Waals surface area contributed by atoms with Crippen LogP contribution in [0.1, 0.15) is 10.4 Å². The van der Waals surface area contributed by atoms with Crippen LogP contribution in [0, 0.1) is 0 Å². The molecular formula is C19H19ClN2O5S. The van der Waals surface area contributed by atoms with Gasteiger partial charge in [-0.25, -0.2) is 8.42 Å². The van der Waals surface area contributed by atoms with Crippen molar-refractivity contribution in [1.82, 2.24) is 9.21 Å². The van der Waals surface area contributed by atoms with Crippen LogP contribution < -0.4 is 4.74 Å². The topological polar surface area (TPSA) is 84.0 Å². The molecule has 2 aromatic rings. The summed E-state index contributed by atoms with van der Waals surface area (Å²) < 4.78 is 32.3. The van der Waals surface area contributed by atoms with Gasteiger partial charge in [0, 0.05) is 26.2 Å². The Morgan fingerprint density at radius 1 is 1.04 bits per heavy atom. The van der Waals surface area contributed by atoms with Crippen LogP contribution in [0.4, 0.5) is 0 Å². The first-order chi connectivity index (χ1) is 13.4. The maximum Gasteiger partial charge on any atom is 0.260 e. The molecule has 1 aliphatic heterocycles. The van der Waals surface area contributed by atoms with E-state index < -0.39 is 10.0 Å². The normalized spacial score (nSPS) is 15.2. The summed E-state index contributed by atoms with van der Waals surface area (Å²) in [5, 5.41) is 0.170. The van der Waals surface area contributed by atoms with Crippen molar-refractivity contribution in [2.24, 2.45) is 0 Å². The highest BCUT2D eigenvalue weighted by Crippen LogP contribution is 2.25. The van der Waals surface area contributed by atoms with Gasteiger partial charge in [0.05, 0.1) is 10.6 Å². The van der Waals surface area contributed by atoms with Crippen molar-refractivity contribution < 1.29 is 22.7 Å². The van der Waals surface area contributed by atoms with Crippen molar-refractivity contribution in [3.63, 3.8) is 0 Å². The Morgan fingerprint density at radius 3 is 2.36 bits per heavy atom. The molecule has 0 radical (unpaired) electrons. The minimum absolute atomic E-state index is 0.0604. The lowest BCUT2D eigenvalue weighted by Crippen LogP contribution is -2.51. The Labute approximate surface area is 168 Å². The monoisotopic (exact) mass is 422 g/mol. The van der Waals surface area contributed by atoms with E-state index in [1.807, 2.05) is 0 Å². The van der Waals surface area contributed by atoms with E-state index in [4.69, 9.17) is 16.3 Å². The molecule has 0 N–H and O–H groups in total. The fraction of sp³-hybridized carbons (Fsp3) is 0.263. The number of rotatable bonds is 6. The molecule has 28 heavy (non-hydrogen) atoms. The minimum atomic E-state index is -3.71. The Hall–Kier alpha value is -2.42. The third-order valence-corrected chi connectivity index (χ3v) is 6.84. The molecule has 0 aromatic heterocycles. The molecular weight excluding hydrogens is 404 g/mol. The zero-order valence-corrected chi connectivity index (χ0v) is 16.5. The average Bonchev–Trinajstić information content (AvgIpc) is 2.72. The highest BCUT2D eigenvalue weighted by atomic mass is 35.5. The number of nitrogens with zero attached hydrogens (tertiary/aromatic N) is 2.